The molecule has 0 bridgehead atoms. The van der Waals surface area contributed by atoms with Gasteiger partial charge < -0.3 is 14.6 Å². The number of aromatic hydroxyl groups is 1. The van der Waals surface area contributed by atoms with E-state index in [9.17, 15) is 15.2 Å². The van der Waals surface area contributed by atoms with E-state index in [-0.39, 0.29) is 23.8 Å². The predicted molar refractivity (Wildman–Crippen MR) is 74.6 cm³/mol. The van der Waals surface area contributed by atoms with Crippen LogP contribution in [0, 0.1) is 10.1 Å². The normalized spacial score (nSPS) is 12.8. The average Bonchev–Trinajstić information content (AvgIpc) is 2.92. The van der Waals surface area contributed by atoms with Crippen LogP contribution in [-0.2, 0) is 0 Å². The van der Waals surface area contributed by atoms with E-state index in [0.29, 0.717) is 17.2 Å². The maximum atomic E-state index is 11.1. The molecule has 0 spiro atoms. The molecule has 3 rings (SSSR count). The number of para-hydroxylation sites is 2. The number of aliphatic imine (C=N–C) groups is 1. The first kappa shape index (κ1) is 12.9. The van der Waals surface area contributed by atoms with E-state index < -0.39 is 4.92 Å². The molecule has 0 atom stereocenters. The van der Waals surface area contributed by atoms with Crippen LogP contribution in [0.1, 0.15) is 5.56 Å². The first-order chi connectivity index (χ1) is 10.1. The van der Waals surface area contributed by atoms with Gasteiger partial charge in [0.2, 0.25) is 6.79 Å². The Kier molecular flexibility index (Phi) is 3.15. The SMILES string of the molecule is O=[N+]([O-])c1cc2c(cc1C=Nc1ccccc1O)OCO2. The van der Waals surface area contributed by atoms with Crippen molar-refractivity contribution >= 4 is 17.6 Å². The van der Waals surface area contributed by atoms with Gasteiger partial charge in [0.15, 0.2) is 11.5 Å². The quantitative estimate of drug-likeness (QED) is 0.532. The highest BCUT2D eigenvalue weighted by Gasteiger charge is 2.22. The van der Waals surface area contributed by atoms with Gasteiger partial charge in [0.1, 0.15) is 11.4 Å². The molecule has 2 aromatic carbocycles. The molecule has 106 valence electrons. The number of benzene rings is 2. The van der Waals surface area contributed by atoms with Gasteiger partial charge in [-0.25, -0.2) is 0 Å². The second kappa shape index (κ2) is 5.12. The van der Waals surface area contributed by atoms with Crippen molar-refractivity contribution in [2.45, 2.75) is 0 Å². The topological polar surface area (TPSA) is 94.2 Å². The van der Waals surface area contributed by atoms with Crippen molar-refractivity contribution in [2.75, 3.05) is 6.79 Å². The fourth-order valence-electron chi connectivity index (χ4n) is 1.92. The molecule has 0 saturated carbocycles. The smallest absolute Gasteiger partial charge is 0.282 e. The first-order valence-corrected chi connectivity index (χ1v) is 6.05. The van der Waals surface area contributed by atoms with Gasteiger partial charge in [0, 0.05) is 6.21 Å². The number of nitro benzene ring substituents is 1. The van der Waals surface area contributed by atoms with E-state index in [1.807, 2.05) is 0 Å². The van der Waals surface area contributed by atoms with Gasteiger partial charge in [0.25, 0.3) is 5.69 Å². The van der Waals surface area contributed by atoms with Crippen molar-refractivity contribution in [1.82, 2.24) is 0 Å². The molecule has 1 aliphatic heterocycles. The standard InChI is InChI=1S/C14H10N2O5/c17-12-4-2-1-3-10(12)15-7-9-5-13-14(21-8-20-13)6-11(9)16(18)19/h1-7,17H,8H2. The van der Waals surface area contributed by atoms with Crippen LogP contribution in [0.5, 0.6) is 17.2 Å². The molecule has 1 aliphatic rings. The zero-order valence-corrected chi connectivity index (χ0v) is 10.7. The van der Waals surface area contributed by atoms with E-state index >= 15 is 0 Å². The Hall–Kier alpha value is -3.09. The molecule has 0 amide bonds. The van der Waals surface area contributed by atoms with Crippen molar-refractivity contribution in [1.29, 1.82) is 0 Å². The van der Waals surface area contributed by atoms with Gasteiger partial charge in [0.05, 0.1) is 16.6 Å². The molecular formula is C14H10N2O5. The van der Waals surface area contributed by atoms with Crippen LogP contribution in [0.25, 0.3) is 0 Å². The van der Waals surface area contributed by atoms with Crippen LogP contribution in [0.3, 0.4) is 0 Å². The Morgan fingerprint density at radius 2 is 1.95 bits per heavy atom. The van der Waals surface area contributed by atoms with E-state index in [4.69, 9.17) is 9.47 Å². The number of hydrogen-bond acceptors (Lipinski definition) is 6. The molecule has 7 heteroatoms. The second-order valence-electron chi connectivity index (χ2n) is 4.27. The zero-order chi connectivity index (χ0) is 14.8. The minimum Gasteiger partial charge on any atom is -0.506 e. The van der Waals surface area contributed by atoms with E-state index in [1.54, 1.807) is 18.2 Å². The minimum atomic E-state index is -0.520. The number of rotatable bonds is 3. The summed E-state index contributed by atoms with van der Waals surface area (Å²) in [4.78, 5) is 14.6. The molecule has 0 aliphatic carbocycles. The van der Waals surface area contributed by atoms with Crippen LogP contribution < -0.4 is 9.47 Å². The highest BCUT2D eigenvalue weighted by Crippen LogP contribution is 2.37. The summed E-state index contributed by atoms with van der Waals surface area (Å²) in [6, 6.07) is 9.25. The number of fused-ring (bicyclic) bond motifs is 1. The summed E-state index contributed by atoms with van der Waals surface area (Å²) in [7, 11) is 0. The van der Waals surface area contributed by atoms with Gasteiger partial charge in [-0.1, -0.05) is 12.1 Å². The number of nitro groups is 1. The molecule has 1 N–H and O–H groups in total. The third-order valence-electron chi connectivity index (χ3n) is 2.94. The Labute approximate surface area is 119 Å². The maximum Gasteiger partial charge on any atom is 0.282 e. The van der Waals surface area contributed by atoms with E-state index in [2.05, 4.69) is 4.99 Å². The van der Waals surface area contributed by atoms with Crippen LogP contribution in [0.15, 0.2) is 41.4 Å². The second-order valence-corrected chi connectivity index (χ2v) is 4.27. The molecule has 0 unspecified atom stereocenters. The molecule has 0 aromatic heterocycles. The zero-order valence-electron chi connectivity index (χ0n) is 10.7. The van der Waals surface area contributed by atoms with Crippen molar-refractivity contribution in [3.63, 3.8) is 0 Å². The monoisotopic (exact) mass is 286 g/mol. The average molecular weight is 286 g/mol. The van der Waals surface area contributed by atoms with Crippen molar-refractivity contribution in [2.24, 2.45) is 4.99 Å². The third kappa shape index (κ3) is 2.48. The van der Waals surface area contributed by atoms with Gasteiger partial charge in [-0.3, -0.25) is 15.1 Å². The van der Waals surface area contributed by atoms with Gasteiger partial charge in [-0.15, -0.1) is 0 Å². The van der Waals surface area contributed by atoms with Gasteiger partial charge in [-0.2, -0.15) is 0 Å². The summed E-state index contributed by atoms with van der Waals surface area (Å²) in [5, 5.41) is 20.7. The Balaban J connectivity index is 2.02. The van der Waals surface area contributed by atoms with Crippen LogP contribution in [-0.4, -0.2) is 23.0 Å². The van der Waals surface area contributed by atoms with Crippen LogP contribution >= 0.6 is 0 Å². The molecule has 0 radical (unpaired) electrons. The summed E-state index contributed by atoms with van der Waals surface area (Å²) in [5.74, 6) is 0.762. The molecule has 0 saturated heterocycles. The fourth-order valence-corrected chi connectivity index (χ4v) is 1.92. The third-order valence-corrected chi connectivity index (χ3v) is 2.94. The molecular weight excluding hydrogens is 276 g/mol. The summed E-state index contributed by atoms with van der Waals surface area (Å²) < 4.78 is 10.3. The summed E-state index contributed by atoms with van der Waals surface area (Å²) in [5.41, 5.74) is 0.454. The molecule has 0 fully saturated rings. The lowest BCUT2D eigenvalue weighted by molar-refractivity contribution is -0.385. The summed E-state index contributed by atoms with van der Waals surface area (Å²) >= 11 is 0. The molecule has 21 heavy (non-hydrogen) atoms. The highest BCUT2D eigenvalue weighted by molar-refractivity contribution is 5.89. The van der Waals surface area contributed by atoms with Crippen molar-refractivity contribution < 1.29 is 19.5 Å². The predicted octanol–water partition coefficient (Wildman–Crippen LogP) is 2.78. The lowest BCUT2D eigenvalue weighted by atomic mass is 10.1. The van der Waals surface area contributed by atoms with E-state index in [0.717, 1.165) is 0 Å². The molecule has 1 heterocycles. The Morgan fingerprint density at radius 3 is 2.67 bits per heavy atom. The van der Waals surface area contributed by atoms with Gasteiger partial charge >= 0.3 is 0 Å². The number of ether oxygens (including phenoxy) is 2. The van der Waals surface area contributed by atoms with Crippen LogP contribution in [0.2, 0.25) is 0 Å². The molecule has 7 nitrogen and oxygen atoms in total. The maximum absolute atomic E-state index is 11.1. The largest absolute Gasteiger partial charge is 0.506 e. The number of nitrogens with zero attached hydrogens (tertiary/aromatic N) is 2. The minimum absolute atomic E-state index is 0.00264. The van der Waals surface area contributed by atoms with E-state index in [1.165, 1.54) is 24.4 Å². The van der Waals surface area contributed by atoms with Crippen LogP contribution in [0.4, 0.5) is 11.4 Å². The number of hydrogen-bond donors (Lipinski definition) is 1. The van der Waals surface area contributed by atoms with Crippen molar-refractivity contribution in [3.8, 4) is 17.2 Å². The fraction of sp³-hybridized carbons (Fsp3) is 0.0714. The lowest BCUT2D eigenvalue weighted by Crippen LogP contribution is -1.94. The summed E-state index contributed by atoms with van der Waals surface area (Å²) in [6.45, 7) is 0.0343. The summed E-state index contributed by atoms with van der Waals surface area (Å²) in [6.07, 6.45) is 1.31. The Morgan fingerprint density at radius 1 is 1.24 bits per heavy atom. The number of phenolic OH excluding ortho intramolecular Hbond substituents is 1. The highest BCUT2D eigenvalue weighted by atomic mass is 16.7. The lowest BCUT2D eigenvalue weighted by Gasteiger charge is -2.01. The molecule has 2 aromatic rings. The van der Waals surface area contributed by atoms with Crippen molar-refractivity contribution in [3.05, 3.63) is 52.1 Å². The van der Waals surface area contributed by atoms with Gasteiger partial charge in [-0.05, 0) is 18.2 Å². The Bertz CT molecular complexity index is 742. The first-order valence-electron chi connectivity index (χ1n) is 6.05. The number of phenols is 1.